The van der Waals surface area contributed by atoms with Gasteiger partial charge >= 0.3 is 0 Å². The van der Waals surface area contributed by atoms with Gasteiger partial charge in [-0.15, -0.1) is 16.4 Å². The Bertz CT molecular complexity index is 991. The van der Waals surface area contributed by atoms with Crippen LogP contribution in [0.5, 0.6) is 0 Å². The van der Waals surface area contributed by atoms with E-state index in [0.717, 1.165) is 23.5 Å². The van der Waals surface area contributed by atoms with Crippen molar-refractivity contribution in [2.45, 2.75) is 39.0 Å². The van der Waals surface area contributed by atoms with Crippen LogP contribution < -0.4 is 0 Å². The van der Waals surface area contributed by atoms with Crippen LogP contribution in [0.25, 0.3) is 10.2 Å². The van der Waals surface area contributed by atoms with Crippen LogP contribution in [0.3, 0.4) is 0 Å². The lowest BCUT2D eigenvalue weighted by atomic mass is 10.3. The number of benzene rings is 1. The van der Waals surface area contributed by atoms with E-state index in [0.29, 0.717) is 30.4 Å². The summed E-state index contributed by atoms with van der Waals surface area (Å²) in [6.45, 7) is 3.74. The molecule has 3 heterocycles. The molecule has 1 fully saturated rings. The lowest BCUT2D eigenvalue weighted by molar-refractivity contribution is -0.128. The van der Waals surface area contributed by atoms with Gasteiger partial charge in [0.05, 0.1) is 29.5 Å². The van der Waals surface area contributed by atoms with Crippen molar-refractivity contribution >= 4 is 39.7 Å². The molecule has 27 heavy (non-hydrogen) atoms. The van der Waals surface area contributed by atoms with Gasteiger partial charge in [-0.25, -0.2) is 9.67 Å². The Labute approximate surface area is 166 Å². The van der Waals surface area contributed by atoms with Gasteiger partial charge in [0.25, 0.3) is 4.84 Å². The fourth-order valence-electron chi connectivity index (χ4n) is 3.13. The topological polar surface area (TPSA) is 67.4 Å². The zero-order chi connectivity index (χ0) is 19.0. The average Bonchev–Trinajstić information content (AvgIpc) is 3.34. The lowest BCUT2D eigenvalue weighted by Crippen LogP contribution is -2.26. The second-order valence-corrected chi connectivity index (χ2v) is 8.19. The standard InChI is InChI=1S/C18H21N5O2S2/c1-12(17-19-13-6-3-4-7-14(13)27-17)21(2)11-23-18(26)25-15(20-23)10-22-9-5-8-16(22)24/h3-4,6-7,12H,5,8-11H2,1-2H3/t12-/m1/s1. The number of carbonyl (C=O) groups is 1. The third-order valence-corrected chi connectivity index (χ3v) is 6.33. The van der Waals surface area contributed by atoms with E-state index in [1.807, 2.05) is 25.2 Å². The molecule has 0 aliphatic carbocycles. The first-order chi connectivity index (χ1) is 13.0. The van der Waals surface area contributed by atoms with Crippen LogP contribution in [0, 0.1) is 4.84 Å². The quantitative estimate of drug-likeness (QED) is 0.586. The van der Waals surface area contributed by atoms with Crippen LogP contribution in [0.4, 0.5) is 0 Å². The summed E-state index contributed by atoms with van der Waals surface area (Å²) in [5.41, 5.74) is 1.02. The van der Waals surface area contributed by atoms with Crippen molar-refractivity contribution in [3.8, 4) is 0 Å². The highest BCUT2D eigenvalue weighted by atomic mass is 32.1. The summed E-state index contributed by atoms with van der Waals surface area (Å²) in [6.07, 6.45) is 1.49. The number of likely N-dealkylation sites (tertiary alicyclic amines) is 1. The molecule has 9 heteroatoms. The zero-order valence-corrected chi connectivity index (χ0v) is 16.9. The number of nitrogens with zero attached hydrogens (tertiary/aromatic N) is 5. The Balaban J connectivity index is 1.46. The first-order valence-electron chi connectivity index (χ1n) is 8.91. The molecule has 3 aromatic rings. The Hall–Kier alpha value is -2.10. The maximum atomic E-state index is 11.8. The Kier molecular flexibility index (Phi) is 5.07. The predicted octanol–water partition coefficient (Wildman–Crippen LogP) is 3.59. The summed E-state index contributed by atoms with van der Waals surface area (Å²) < 4.78 is 8.44. The molecule has 4 rings (SSSR count). The Morgan fingerprint density at radius 3 is 2.96 bits per heavy atom. The number of hydrogen-bond donors (Lipinski definition) is 0. The molecule has 1 aliphatic heterocycles. The molecule has 7 nitrogen and oxygen atoms in total. The summed E-state index contributed by atoms with van der Waals surface area (Å²) in [5.74, 6) is 0.628. The fraction of sp³-hybridized carbons (Fsp3) is 0.444. The van der Waals surface area contributed by atoms with Crippen molar-refractivity contribution in [2.75, 3.05) is 13.6 Å². The minimum absolute atomic E-state index is 0.115. The van der Waals surface area contributed by atoms with Gasteiger partial charge < -0.3 is 9.32 Å². The van der Waals surface area contributed by atoms with E-state index in [1.165, 1.54) is 4.70 Å². The molecule has 142 valence electrons. The number of thiazole rings is 1. The first-order valence-corrected chi connectivity index (χ1v) is 10.1. The smallest absolute Gasteiger partial charge is 0.288 e. The van der Waals surface area contributed by atoms with Crippen molar-refractivity contribution in [1.29, 1.82) is 0 Å². The van der Waals surface area contributed by atoms with Gasteiger partial charge in [0, 0.05) is 13.0 Å². The second kappa shape index (κ2) is 7.49. The molecule has 0 unspecified atom stereocenters. The molecule has 0 N–H and O–H groups in total. The molecule has 0 spiro atoms. The number of fused-ring (bicyclic) bond motifs is 1. The molecule has 1 aliphatic rings. The SMILES string of the molecule is C[C@H](c1nc2ccccc2s1)N(C)Cn1nc(CN2CCCC2=O)oc1=S. The predicted molar refractivity (Wildman–Crippen MR) is 106 cm³/mol. The Morgan fingerprint density at radius 2 is 2.22 bits per heavy atom. The molecule has 1 saturated heterocycles. The first kappa shape index (κ1) is 18.3. The molecule has 0 saturated carbocycles. The highest BCUT2D eigenvalue weighted by molar-refractivity contribution is 7.71. The summed E-state index contributed by atoms with van der Waals surface area (Å²) in [7, 11) is 2.01. The third-order valence-electron chi connectivity index (χ3n) is 4.83. The summed E-state index contributed by atoms with van der Waals surface area (Å²) in [6, 6.07) is 8.26. The van der Waals surface area contributed by atoms with Gasteiger partial charge in [-0.1, -0.05) is 12.1 Å². The van der Waals surface area contributed by atoms with E-state index < -0.39 is 0 Å². The number of aromatic nitrogens is 3. The molecular formula is C18H21N5O2S2. The second-order valence-electron chi connectivity index (χ2n) is 6.77. The summed E-state index contributed by atoms with van der Waals surface area (Å²) >= 11 is 7.01. The van der Waals surface area contributed by atoms with Crippen LogP contribution in [-0.2, 0) is 18.0 Å². The van der Waals surface area contributed by atoms with Crippen molar-refractivity contribution < 1.29 is 9.21 Å². The number of carbonyl (C=O) groups excluding carboxylic acids is 1. The fourth-order valence-corrected chi connectivity index (χ4v) is 4.41. The van der Waals surface area contributed by atoms with E-state index in [-0.39, 0.29) is 11.9 Å². The number of rotatable bonds is 6. The molecule has 2 aromatic heterocycles. The van der Waals surface area contributed by atoms with Crippen molar-refractivity contribution in [1.82, 2.24) is 24.6 Å². The monoisotopic (exact) mass is 403 g/mol. The summed E-state index contributed by atoms with van der Waals surface area (Å²) in [5, 5.41) is 5.51. The largest absolute Gasteiger partial charge is 0.412 e. The normalized spacial score (nSPS) is 16.0. The van der Waals surface area contributed by atoms with E-state index in [4.69, 9.17) is 21.6 Å². The molecular weight excluding hydrogens is 382 g/mol. The van der Waals surface area contributed by atoms with Gasteiger partial charge in [0.2, 0.25) is 11.8 Å². The van der Waals surface area contributed by atoms with Gasteiger partial charge in [-0.3, -0.25) is 9.69 Å². The third kappa shape index (κ3) is 3.80. The Morgan fingerprint density at radius 1 is 1.41 bits per heavy atom. The van der Waals surface area contributed by atoms with Crippen molar-refractivity contribution in [3.63, 3.8) is 0 Å². The summed E-state index contributed by atoms with van der Waals surface area (Å²) in [4.78, 5) is 20.7. The van der Waals surface area contributed by atoms with Crippen LogP contribution in [0.15, 0.2) is 28.7 Å². The van der Waals surface area contributed by atoms with Crippen LogP contribution >= 0.6 is 23.6 Å². The zero-order valence-electron chi connectivity index (χ0n) is 15.3. The van der Waals surface area contributed by atoms with Crippen LogP contribution in [-0.4, -0.2) is 44.1 Å². The maximum Gasteiger partial charge on any atom is 0.288 e. The number of amides is 1. The van der Waals surface area contributed by atoms with Crippen LogP contribution in [0.2, 0.25) is 0 Å². The van der Waals surface area contributed by atoms with E-state index in [2.05, 4.69) is 23.0 Å². The lowest BCUT2D eigenvalue weighted by Gasteiger charge is -2.22. The highest BCUT2D eigenvalue weighted by Crippen LogP contribution is 2.29. The highest BCUT2D eigenvalue weighted by Gasteiger charge is 2.23. The minimum Gasteiger partial charge on any atom is -0.412 e. The van der Waals surface area contributed by atoms with Crippen molar-refractivity contribution in [2.24, 2.45) is 0 Å². The van der Waals surface area contributed by atoms with Gasteiger partial charge in [-0.2, -0.15) is 0 Å². The molecule has 1 aromatic carbocycles. The number of hydrogen-bond acceptors (Lipinski definition) is 7. The molecule has 1 atom stereocenters. The number of para-hydroxylation sites is 1. The van der Waals surface area contributed by atoms with Crippen molar-refractivity contribution in [3.05, 3.63) is 40.0 Å². The van der Waals surface area contributed by atoms with Crippen LogP contribution in [0.1, 0.15) is 36.7 Å². The van der Waals surface area contributed by atoms with E-state index in [9.17, 15) is 4.79 Å². The van der Waals surface area contributed by atoms with E-state index in [1.54, 1.807) is 20.9 Å². The maximum absolute atomic E-state index is 11.8. The van der Waals surface area contributed by atoms with Gasteiger partial charge in [0.15, 0.2) is 0 Å². The van der Waals surface area contributed by atoms with Gasteiger partial charge in [0.1, 0.15) is 5.01 Å². The van der Waals surface area contributed by atoms with E-state index >= 15 is 0 Å². The van der Waals surface area contributed by atoms with Gasteiger partial charge in [-0.05, 0) is 44.7 Å². The minimum atomic E-state index is 0.115. The average molecular weight is 404 g/mol. The molecule has 1 amide bonds. The molecule has 0 bridgehead atoms. The molecule has 0 radical (unpaired) electrons.